The molecule has 4 aromatic rings. The fraction of sp³-hybridized carbons (Fsp3) is 0.296. The number of methoxy groups -OCH3 is 1. The molecule has 0 aliphatic rings. The molecule has 200 valence electrons. The van der Waals surface area contributed by atoms with E-state index in [0.717, 1.165) is 10.4 Å². The van der Waals surface area contributed by atoms with Gasteiger partial charge in [-0.15, -0.1) is 11.3 Å². The number of aromatic nitrogens is 2. The van der Waals surface area contributed by atoms with Crippen LogP contribution in [0.5, 0.6) is 11.5 Å². The van der Waals surface area contributed by atoms with Crippen molar-refractivity contribution >= 4 is 33.3 Å². The summed E-state index contributed by atoms with van der Waals surface area (Å²) >= 11 is 1.36. The van der Waals surface area contributed by atoms with Crippen molar-refractivity contribution in [1.82, 2.24) is 14.9 Å². The van der Waals surface area contributed by atoms with Gasteiger partial charge in [0.15, 0.2) is 11.6 Å². The molecule has 3 aromatic heterocycles. The molecule has 1 amide bonds. The van der Waals surface area contributed by atoms with E-state index in [1.165, 1.54) is 29.7 Å². The minimum atomic E-state index is -1.16. The number of rotatable bonds is 8. The van der Waals surface area contributed by atoms with E-state index in [9.17, 15) is 13.6 Å². The number of amides is 1. The largest absolute Gasteiger partial charge is 0.453 e. The van der Waals surface area contributed by atoms with Crippen molar-refractivity contribution in [2.24, 2.45) is 0 Å². The molecule has 4 rings (SSSR count). The topological polar surface area (TPSA) is 99.8 Å². The van der Waals surface area contributed by atoms with Gasteiger partial charge in [-0.3, -0.25) is 9.97 Å². The first kappa shape index (κ1) is 27.2. The highest BCUT2D eigenvalue weighted by atomic mass is 32.1. The van der Waals surface area contributed by atoms with Crippen molar-refractivity contribution in [1.29, 1.82) is 0 Å². The number of nitrogen functional groups attached to an aromatic ring is 1. The van der Waals surface area contributed by atoms with Crippen LogP contribution in [-0.2, 0) is 16.0 Å². The molecule has 0 aliphatic heterocycles. The Morgan fingerprint density at radius 3 is 2.55 bits per heavy atom. The molecule has 11 heteroatoms. The molecule has 8 nitrogen and oxygen atoms in total. The molecule has 0 spiro atoms. The summed E-state index contributed by atoms with van der Waals surface area (Å²) in [5.74, 6) is -2.26. The van der Waals surface area contributed by atoms with Crippen molar-refractivity contribution in [2.75, 3.05) is 26.0 Å². The Morgan fingerprint density at radius 2 is 1.87 bits per heavy atom. The zero-order chi connectivity index (χ0) is 27.4. The van der Waals surface area contributed by atoms with Crippen molar-refractivity contribution in [3.05, 3.63) is 66.0 Å². The van der Waals surface area contributed by atoms with Crippen molar-refractivity contribution in [2.45, 2.75) is 32.9 Å². The third kappa shape index (κ3) is 6.35. The number of pyridine rings is 2. The van der Waals surface area contributed by atoms with Crippen molar-refractivity contribution in [3.8, 4) is 22.1 Å². The molecule has 0 radical (unpaired) electrons. The van der Waals surface area contributed by atoms with E-state index < -0.39 is 23.3 Å². The van der Waals surface area contributed by atoms with Gasteiger partial charge >= 0.3 is 6.09 Å². The first-order chi connectivity index (χ1) is 18.1. The lowest BCUT2D eigenvalue weighted by Gasteiger charge is -2.27. The molecular weight excluding hydrogens is 514 g/mol. The van der Waals surface area contributed by atoms with Gasteiger partial charge in [-0.05, 0) is 50.6 Å². The van der Waals surface area contributed by atoms with Gasteiger partial charge in [0.05, 0.1) is 39.6 Å². The van der Waals surface area contributed by atoms with Crippen LogP contribution < -0.4 is 10.5 Å². The maximum absolute atomic E-state index is 14.3. The first-order valence-corrected chi connectivity index (χ1v) is 12.6. The Kier molecular flexibility index (Phi) is 8.08. The summed E-state index contributed by atoms with van der Waals surface area (Å²) in [4.78, 5) is 23.9. The van der Waals surface area contributed by atoms with E-state index in [2.05, 4.69) is 9.97 Å². The Labute approximate surface area is 223 Å². The molecular formula is C27H28F2N4O4S. The summed E-state index contributed by atoms with van der Waals surface area (Å²) in [6.07, 6.45) is 2.79. The highest BCUT2D eigenvalue weighted by Gasteiger charge is 2.22. The summed E-state index contributed by atoms with van der Waals surface area (Å²) in [6, 6.07) is 9.69. The zero-order valence-electron chi connectivity index (χ0n) is 21.5. The first-order valence-electron chi connectivity index (χ1n) is 11.8. The van der Waals surface area contributed by atoms with Crippen LogP contribution in [0.2, 0.25) is 0 Å². The Hall–Kier alpha value is -3.83. The fourth-order valence-corrected chi connectivity index (χ4v) is 4.55. The standard InChI is InChI=1S/C27H28F2N4O4S/c1-27(2,3)37-26(34)33(11-12-35-4)15-16-5-7-18(32-14-16)22-13-19-25(38-22)21(9-10-31-19)36-20-8-6-17(30)23(28)24(20)29/h5-10,13-14H,11-12,15,30H2,1-4H3. The summed E-state index contributed by atoms with van der Waals surface area (Å²) in [7, 11) is 1.57. The quantitative estimate of drug-likeness (QED) is 0.257. The molecule has 0 fully saturated rings. The second-order valence-corrected chi connectivity index (χ2v) is 10.5. The van der Waals surface area contributed by atoms with Gasteiger partial charge < -0.3 is 24.8 Å². The molecule has 3 heterocycles. The smallest absolute Gasteiger partial charge is 0.410 e. The number of nitrogens with zero attached hydrogens (tertiary/aromatic N) is 3. The molecule has 38 heavy (non-hydrogen) atoms. The number of halogens is 2. The maximum atomic E-state index is 14.3. The maximum Gasteiger partial charge on any atom is 0.410 e. The number of hydrogen-bond donors (Lipinski definition) is 1. The predicted octanol–water partition coefficient (Wildman–Crippen LogP) is 6.39. The van der Waals surface area contributed by atoms with Gasteiger partial charge in [0.2, 0.25) is 5.82 Å². The average Bonchev–Trinajstić information content (AvgIpc) is 3.31. The van der Waals surface area contributed by atoms with Gasteiger partial charge in [0, 0.05) is 32.1 Å². The van der Waals surface area contributed by atoms with Gasteiger partial charge in [-0.2, -0.15) is 4.39 Å². The number of hydrogen-bond acceptors (Lipinski definition) is 8. The number of carbonyl (C=O) groups is 1. The summed E-state index contributed by atoms with van der Waals surface area (Å²) in [6.45, 7) is 6.50. The van der Waals surface area contributed by atoms with E-state index in [0.29, 0.717) is 41.4 Å². The summed E-state index contributed by atoms with van der Waals surface area (Å²) in [5.41, 5.74) is 6.64. The SMILES string of the molecule is COCCN(Cc1ccc(-c2cc3nccc(Oc4ccc(N)c(F)c4F)c3s2)nc1)C(=O)OC(C)(C)C. The van der Waals surface area contributed by atoms with E-state index in [1.807, 2.05) is 39.0 Å². The highest BCUT2D eigenvalue weighted by molar-refractivity contribution is 7.22. The zero-order valence-corrected chi connectivity index (χ0v) is 22.3. The summed E-state index contributed by atoms with van der Waals surface area (Å²) < 4.78 is 45.2. The van der Waals surface area contributed by atoms with Crippen LogP contribution in [0, 0.1) is 11.6 Å². The van der Waals surface area contributed by atoms with E-state index >= 15 is 0 Å². The Balaban J connectivity index is 1.55. The molecule has 1 aromatic carbocycles. The average molecular weight is 543 g/mol. The molecule has 0 bridgehead atoms. The third-order valence-corrected chi connectivity index (χ3v) is 6.50. The normalized spacial score (nSPS) is 11.5. The lowest BCUT2D eigenvalue weighted by molar-refractivity contribution is 0.0183. The Morgan fingerprint density at radius 1 is 1.08 bits per heavy atom. The molecule has 0 atom stereocenters. The van der Waals surface area contributed by atoms with E-state index in [1.54, 1.807) is 24.3 Å². The van der Waals surface area contributed by atoms with Crippen LogP contribution in [0.3, 0.4) is 0 Å². The third-order valence-electron chi connectivity index (χ3n) is 5.34. The number of benzene rings is 1. The predicted molar refractivity (Wildman–Crippen MR) is 142 cm³/mol. The lowest BCUT2D eigenvalue weighted by atomic mass is 10.2. The van der Waals surface area contributed by atoms with Gasteiger partial charge in [0.1, 0.15) is 11.4 Å². The number of carbonyl (C=O) groups excluding carboxylic acids is 1. The van der Waals surface area contributed by atoms with Crippen molar-refractivity contribution < 1.29 is 27.8 Å². The fourth-order valence-electron chi connectivity index (χ4n) is 3.51. The van der Waals surface area contributed by atoms with Gasteiger partial charge in [-0.1, -0.05) is 6.07 Å². The highest BCUT2D eigenvalue weighted by Crippen LogP contribution is 2.39. The second-order valence-electron chi connectivity index (χ2n) is 9.46. The number of fused-ring (bicyclic) bond motifs is 1. The van der Waals surface area contributed by atoms with Crippen LogP contribution in [0.4, 0.5) is 19.3 Å². The van der Waals surface area contributed by atoms with E-state index in [4.69, 9.17) is 19.9 Å². The monoisotopic (exact) mass is 542 g/mol. The minimum absolute atomic E-state index is 0.273. The molecule has 0 saturated heterocycles. The lowest BCUT2D eigenvalue weighted by Crippen LogP contribution is -2.38. The molecule has 0 aliphatic carbocycles. The number of ether oxygens (including phenoxy) is 3. The van der Waals surface area contributed by atoms with Gasteiger partial charge in [0.25, 0.3) is 0 Å². The van der Waals surface area contributed by atoms with Crippen LogP contribution in [-0.4, -0.2) is 46.8 Å². The Bertz CT molecular complexity index is 1440. The minimum Gasteiger partial charge on any atom is -0.453 e. The van der Waals surface area contributed by atoms with Crippen LogP contribution in [0.1, 0.15) is 26.3 Å². The van der Waals surface area contributed by atoms with E-state index in [-0.39, 0.29) is 11.4 Å². The molecule has 0 unspecified atom stereocenters. The second kappa shape index (κ2) is 11.3. The molecule has 2 N–H and O–H groups in total. The van der Waals surface area contributed by atoms with Crippen LogP contribution in [0.15, 0.2) is 48.8 Å². The van der Waals surface area contributed by atoms with Crippen LogP contribution in [0.25, 0.3) is 20.8 Å². The molecule has 0 saturated carbocycles. The number of thiophene rings is 1. The number of anilines is 1. The van der Waals surface area contributed by atoms with Crippen molar-refractivity contribution in [3.63, 3.8) is 0 Å². The van der Waals surface area contributed by atoms with Crippen LogP contribution >= 0.6 is 11.3 Å². The number of nitrogens with two attached hydrogens (primary N) is 1. The van der Waals surface area contributed by atoms with Gasteiger partial charge in [-0.25, -0.2) is 9.18 Å². The summed E-state index contributed by atoms with van der Waals surface area (Å²) in [5, 5.41) is 0.